The number of nitrogens with zero attached hydrogens (tertiary/aromatic N) is 2. The molecule has 0 aromatic heterocycles. The highest BCUT2D eigenvalue weighted by Gasteiger charge is 2.31. The molecule has 4 rings (SSSR count). The summed E-state index contributed by atoms with van der Waals surface area (Å²) in [6, 6.07) is 13.7. The van der Waals surface area contributed by atoms with Gasteiger partial charge in [-0.15, -0.1) is 0 Å². The summed E-state index contributed by atoms with van der Waals surface area (Å²) in [5.41, 5.74) is 4.77. The van der Waals surface area contributed by atoms with E-state index < -0.39 is 10.0 Å². The van der Waals surface area contributed by atoms with Gasteiger partial charge in [0.05, 0.1) is 18.0 Å². The molecule has 0 unspecified atom stereocenters. The standard InChI is InChI=1S/C20H22N2O3S/c1-21(19-10-7-14-5-3-4-6-17(14)19)20(23)16-8-9-18-15(13-16)11-12-22(18)26(2,24)25/h3-6,8-9,13,19H,7,10-12H2,1-2H3/t19-/m1/s1. The van der Waals surface area contributed by atoms with E-state index in [1.165, 1.54) is 21.7 Å². The second-order valence-corrected chi connectivity index (χ2v) is 9.00. The van der Waals surface area contributed by atoms with E-state index in [2.05, 4.69) is 12.1 Å². The predicted octanol–water partition coefficient (Wildman–Crippen LogP) is 2.77. The second kappa shape index (κ2) is 6.13. The zero-order valence-corrected chi connectivity index (χ0v) is 15.8. The minimum Gasteiger partial charge on any atom is -0.335 e. The minimum absolute atomic E-state index is 0.0210. The van der Waals surface area contributed by atoms with Gasteiger partial charge < -0.3 is 4.90 Å². The number of hydrogen-bond donors (Lipinski definition) is 0. The fourth-order valence-corrected chi connectivity index (χ4v) is 5.09. The monoisotopic (exact) mass is 370 g/mol. The van der Waals surface area contributed by atoms with Gasteiger partial charge in [-0.05, 0) is 54.2 Å². The van der Waals surface area contributed by atoms with Crippen LogP contribution in [0, 0.1) is 0 Å². The van der Waals surface area contributed by atoms with Crippen LogP contribution in [0.2, 0.25) is 0 Å². The Morgan fingerprint density at radius 2 is 1.88 bits per heavy atom. The van der Waals surface area contributed by atoms with Crippen molar-refractivity contribution >= 4 is 21.6 Å². The van der Waals surface area contributed by atoms with E-state index in [4.69, 9.17) is 0 Å². The minimum atomic E-state index is -3.27. The summed E-state index contributed by atoms with van der Waals surface area (Å²) in [7, 11) is -1.42. The zero-order valence-electron chi connectivity index (χ0n) is 15.0. The van der Waals surface area contributed by atoms with Crippen molar-refractivity contribution in [1.82, 2.24) is 4.90 Å². The smallest absolute Gasteiger partial charge is 0.254 e. The lowest BCUT2D eigenvalue weighted by molar-refractivity contribution is 0.0730. The number of anilines is 1. The van der Waals surface area contributed by atoms with Crippen LogP contribution < -0.4 is 4.31 Å². The molecular formula is C20H22N2O3S. The maximum absolute atomic E-state index is 13.0. The average molecular weight is 370 g/mol. The zero-order chi connectivity index (χ0) is 18.5. The maximum atomic E-state index is 13.0. The molecule has 0 N–H and O–H groups in total. The molecular weight excluding hydrogens is 348 g/mol. The molecule has 1 aliphatic heterocycles. The number of carbonyl (C=O) groups excluding carboxylic acids is 1. The molecule has 1 amide bonds. The van der Waals surface area contributed by atoms with E-state index in [1.54, 1.807) is 12.1 Å². The molecule has 0 radical (unpaired) electrons. The first kappa shape index (κ1) is 17.1. The third kappa shape index (κ3) is 2.78. The quantitative estimate of drug-likeness (QED) is 0.835. The second-order valence-electron chi connectivity index (χ2n) is 7.10. The first-order chi connectivity index (χ1) is 12.4. The molecule has 0 bridgehead atoms. The summed E-state index contributed by atoms with van der Waals surface area (Å²) >= 11 is 0. The lowest BCUT2D eigenvalue weighted by Crippen LogP contribution is -2.30. The first-order valence-electron chi connectivity index (χ1n) is 8.82. The van der Waals surface area contributed by atoms with Crippen molar-refractivity contribution in [3.63, 3.8) is 0 Å². The number of amides is 1. The Balaban J connectivity index is 1.60. The Bertz CT molecular complexity index is 984. The molecule has 1 aliphatic carbocycles. The van der Waals surface area contributed by atoms with Gasteiger partial charge in [0.15, 0.2) is 0 Å². The van der Waals surface area contributed by atoms with Crippen LogP contribution in [0.1, 0.15) is 39.5 Å². The summed E-state index contributed by atoms with van der Waals surface area (Å²) in [4.78, 5) is 14.8. The van der Waals surface area contributed by atoms with Crippen LogP contribution in [0.25, 0.3) is 0 Å². The van der Waals surface area contributed by atoms with Crippen molar-refractivity contribution in [3.8, 4) is 0 Å². The number of sulfonamides is 1. The Labute approximate surface area is 154 Å². The molecule has 0 spiro atoms. The van der Waals surface area contributed by atoms with Gasteiger partial charge in [-0.25, -0.2) is 8.42 Å². The molecule has 26 heavy (non-hydrogen) atoms. The highest BCUT2D eigenvalue weighted by atomic mass is 32.2. The van der Waals surface area contributed by atoms with E-state index in [-0.39, 0.29) is 11.9 Å². The lowest BCUT2D eigenvalue weighted by atomic mass is 10.0. The van der Waals surface area contributed by atoms with Crippen LogP contribution >= 0.6 is 0 Å². The van der Waals surface area contributed by atoms with Gasteiger partial charge in [0, 0.05) is 19.2 Å². The van der Waals surface area contributed by atoms with Crippen LogP contribution in [-0.2, 0) is 22.9 Å². The van der Waals surface area contributed by atoms with Gasteiger partial charge >= 0.3 is 0 Å². The van der Waals surface area contributed by atoms with Gasteiger partial charge in [-0.1, -0.05) is 24.3 Å². The third-order valence-electron chi connectivity index (χ3n) is 5.47. The van der Waals surface area contributed by atoms with E-state index in [0.29, 0.717) is 24.2 Å². The van der Waals surface area contributed by atoms with Crippen LogP contribution in [0.15, 0.2) is 42.5 Å². The fourth-order valence-electron chi connectivity index (χ4n) is 4.13. The highest BCUT2D eigenvalue weighted by molar-refractivity contribution is 7.92. The molecule has 5 nitrogen and oxygen atoms in total. The number of rotatable bonds is 3. The highest BCUT2D eigenvalue weighted by Crippen LogP contribution is 2.36. The van der Waals surface area contributed by atoms with Crippen LogP contribution in [-0.4, -0.2) is 39.1 Å². The molecule has 1 atom stereocenters. The summed E-state index contributed by atoms with van der Waals surface area (Å²) in [5.74, 6) is -0.0210. The molecule has 136 valence electrons. The van der Waals surface area contributed by atoms with Gasteiger partial charge in [0.25, 0.3) is 5.91 Å². The van der Waals surface area contributed by atoms with Crippen molar-refractivity contribution < 1.29 is 13.2 Å². The Morgan fingerprint density at radius 3 is 2.65 bits per heavy atom. The molecule has 2 aromatic rings. The van der Waals surface area contributed by atoms with Crippen LogP contribution in [0.3, 0.4) is 0 Å². The van der Waals surface area contributed by atoms with Gasteiger partial charge in [-0.2, -0.15) is 0 Å². The van der Waals surface area contributed by atoms with E-state index in [1.807, 2.05) is 30.1 Å². The number of aryl methyl sites for hydroxylation is 1. The van der Waals surface area contributed by atoms with Crippen LogP contribution in [0.4, 0.5) is 5.69 Å². The van der Waals surface area contributed by atoms with Crippen molar-refractivity contribution in [2.24, 2.45) is 0 Å². The largest absolute Gasteiger partial charge is 0.335 e. The van der Waals surface area contributed by atoms with Gasteiger partial charge in [-0.3, -0.25) is 9.10 Å². The summed E-state index contributed by atoms with van der Waals surface area (Å²) < 4.78 is 25.1. The number of hydrogen-bond acceptors (Lipinski definition) is 3. The van der Waals surface area contributed by atoms with E-state index >= 15 is 0 Å². The predicted molar refractivity (Wildman–Crippen MR) is 102 cm³/mol. The van der Waals surface area contributed by atoms with Crippen molar-refractivity contribution in [2.45, 2.75) is 25.3 Å². The topological polar surface area (TPSA) is 57.7 Å². The molecule has 2 aromatic carbocycles. The van der Waals surface area contributed by atoms with E-state index in [0.717, 1.165) is 18.4 Å². The Hall–Kier alpha value is -2.34. The molecule has 0 fully saturated rings. The maximum Gasteiger partial charge on any atom is 0.254 e. The fraction of sp³-hybridized carbons (Fsp3) is 0.350. The SMILES string of the molecule is CN(C(=O)c1ccc2c(c1)CCN2S(C)(=O)=O)[C@@H]1CCc2ccccc21. The van der Waals surface area contributed by atoms with Gasteiger partial charge in [0.2, 0.25) is 10.0 Å². The van der Waals surface area contributed by atoms with Gasteiger partial charge in [0.1, 0.15) is 0 Å². The van der Waals surface area contributed by atoms with Crippen LogP contribution in [0.5, 0.6) is 0 Å². The molecule has 1 heterocycles. The van der Waals surface area contributed by atoms with Crippen molar-refractivity contribution in [2.75, 3.05) is 24.2 Å². The molecule has 0 saturated carbocycles. The number of fused-ring (bicyclic) bond motifs is 2. The summed E-state index contributed by atoms with van der Waals surface area (Å²) in [5, 5.41) is 0. The summed E-state index contributed by atoms with van der Waals surface area (Å²) in [6.45, 7) is 0.442. The summed E-state index contributed by atoms with van der Waals surface area (Å²) in [6.07, 6.45) is 3.78. The average Bonchev–Trinajstić information content (AvgIpc) is 3.23. The number of carbonyl (C=O) groups is 1. The molecule has 0 saturated heterocycles. The number of benzene rings is 2. The first-order valence-corrected chi connectivity index (χ1v) is 10.7. The van der Waals surface area contributed by atoms with E-state index in [9.17, 15) is 13.2 Å². The Morgan fingerprint density at radius 1 is 1.12 bits per heavy atom. The normalized spacial score (nSPS) is 18.5. The third-order valence-corrected chi connectivity index (χ3v) is 6.65. The van der Waals surface area contributed by atoms with Crippen molar-refractivity contribution in [3.05, 3.63) is 64.7 Å². The lowest BCUT2D eigenvalue weighted by Gasteiger charge is -2.26. The molecule has 2 aliphatic rings. The van der Waals surface area contributed by atoms with Crippen molar-refractivity contribution in [1.29, 1.82) is 0 Å². The Kier molecular flexibility index (Phi) is 4.03. The molecule has 6 heteroatoms.